The Morgan fingerprint density at radius 3 is 2.59 bits per heavy atom. The summed E-state index contributed by atoms with van der Waals surface area (Å²) in [5.74, 6) is -0.460. The maximum atomic E-state index is 12.5. The van der Waals surface area contributed by atoms with Gasteiger partial charge in [0.15, 0.2) is 6.61 Å². The van der Waals surface area contributed by atoms with Crippen LogP contribution in [0.2, 0.25) is 0 Å². The third kappa shape index (κ3) is 6.77. The smallest absolute Gasteiger partial charge is 0.344 e. The number of hydrogen-bond acceptors (Lipinski definition) is 5. The molecule has 0 bridgehead atoms. The third-order valence-electron chi connectivity index (χ3n) is 3.93. The summed E-state index contributed by atoms with van der Waals surface area (Å²) in [5.41, 5.74) is 1.57. The topological polar surface area (TPSA) is 88.4 Å². The Morgan fingerprint density at radius 2 is 1.97 bits per heavy atom. The molecule has 6 nitrogen and oxygen atoms in total. The molecular formula is C22H21BrN2O4. The molecule has 1 amide bonds. The number of nitrogens with zero attached hydrogens (tertiary/aromatic N) is 1. The van der Waals surface area contributed by atoms with Crippen LogP contribution in [0.15, 0.2) is 58.6 Å². The molecule has 2 aromatic carbocycles. The maximum Gasteiger partial charge on any atom is 0.344 e. The molecule has 0 radical (unpaired) electrons. The van der Waals surface area contributed by atoms with Crippen molar-refractivity contribution in [3.8, 4) is 11.8 Å². The minimum absolute atomic E-state index is 0.0140. The zero-order valence-electron chi connectivity index (χ0n) is 16.1. The van der Waals surface area contributed by atoms with Gasteiger partial charge in [-0.1, -0.05) is 36.4 Å². The highest BCUT2D eigenvalue weighted by Crippen LogP contribution is 2.27. The van der Waals surface area contributed by atoms with Crippen LogP contribution in [0.3, 0.4) is 0 Å². The van der Waals surface area contributed by atoms with E-state index in [-0.39, 0.29) is 24.8 Å². The molecule has 1 unspecified atom stereocenters. The summed E-state index contributed by atoms with van der Waals surface area (Å²) in [7, 11) is 0. The molecule has 0 aliphatic heterocycles. The first-order valence-electron chi connectivity index (χ1n) is 9.00. The van der Waals surface area contributed by atoms with Gasteiger partial charge in [0, 0.05) is 0 Å². The Bertz CT molecular complexity index is 936. The van der Waals surface area contributed by atoms with Gasteiger partial charge in [-0.25, -0.2) is 4.79 Å². The molecule has 0 saturated heterocycles. The summed E-state index contributed by atoms with van der Waals surface area (Å²) in [6, 6.07) is 16.2. The van der Waals surface area contributed by atoms with Crippen LogP contribution in [-0.4, -0.2) is 25.1 Å². The van der Waals surface area contributed by atoms with Crippen molar-refractivity contribution >= 4 is 33.9 Å². The van der Waals surface area contributed by atoms with E-state index in [0.717, 1.165) is 5.56 Å². The van der Waals surface area contributed by atoms with Crippen LogP contribution in [0.4, 0.5) is 0 Å². The zero-order chi connectivity index (χ0) is 21.2. The van der Waals surface area contributed by atoms with Crippen LogP contribution >= 0.6 is 15.9 Å². The average Bonchev–Trinajstić information content (AvgIpc) is 2.72. The lowest BCUT2D eigenvalue weighted by molar-refractivity contribution is -0.145. The second-order valence-electron chi connectivity index (χ2n) is 6.06. The zero-order valence-corrected chi connectivity index (χ0v) is 17.7. The van der Waals surface area contributed by atoms with Gasteiger partial charge in [0.05, 0.1) is 17.1 Å². The Hall–Kier alpha value is -3.11. The van der Waals surface area contributed by atoms with Crippen molar-refractivity contribution in [3.63, 3.8) is 0 Å². The van der Waals surface area contributed by atoms with E-state index in [1.807, 2.05) is 43.3 Å². The predicted molar refractivity (Wildman–Crippen MR) is 113 cm³/mol. The van der Waals surface area contributed by atoms with Crippen molar-refractivity contribution in [2.24, 2.45) is 0 Å². The lowest BCUT2D eigenvalue weighted by Gasteiger charge is -2.14. The van der Waals surface area contributed by atoms with Crippen LogP contribution in [-0.2, 0) is 14.3 Å². The summed E-state index contributed by atoms with van der Waals surface area (Å²) < 4.78 is 10.8. The first-order chi connectivity index (χ1) is 13.9. The number of nitriles is 1. The van der Waals surface area contributed by atoms with Gasteiger partial charge < -0.3 is 14.8 Å². The van der Waals surface area contributed by atoms with Crippen LogP contribution in [0.25, 0.3) is 6.08 Å². The molecule has 1 N–H and O–H groups in total. The molecule has 1 atom stereocenters. The second-order valence-corrected chi connectivity index (χ2v) is 6.91. The summed E-state index contributed by atoms with van der Waals surface area (Å²) in [6.45, 7) is 3.66. The van der Waals surface area contributed by atoms with E-state index in [1.165, 1.54) is 6.08 Å². The Labute approximate surface area is 178 Å². The van der Waals surface area contributed by atoms with Crippen LogP contribution in [0.5, 0.6) is 5.75 Å². The summed E-state index contributed by atoms with van der Waals surface area (Å²) in [5, 5.41) is 12.2. The van der Waals surface area contributed by atoms with Gasteiger partial charge in [-0.05, 0) is 59.1 Å². The first kappa shape index (κ1) is 22.2. The number of ether oxygens (including phenoxy) is 2. The first-order valence-corrected chi connectivity index (χ1v) is 9.79. The quantitative estimate of drug-likeness (QED) is 0.365. The normalized spacial score (nSPS) is 11.9. The predicted octanol–water partition coefficient (Wildman–Crippen LogP) is 4.18. The lowest BCUT2D eigenvalue weighted by Crippen LogP contribution is -2.27. The SMILES string of the molecule is CCOC(=O)COc1ccc(/C=C(\C#N)C(=O)NC(C)c2ccccc2)cc1Br. The van der Waals surface area contributed by atoms with Gasteiger partial charge in [0.2, 0.25) is 0 Å². The molecule has 0 aromatic heterocycles. The van der Waals surface area contributed by atoms with Crippen molar-refractivity contribution in [3.05, 3.63) is 69.7 Å². The van der Waals surface area contributed by atoms with Gasteiger partial charge in [-0.3, -0.25) is 4.79 Å². The molecular weight excluding hydrogens is 436 g/mol. The number of halogens is 1. The van der Waals surface area contributed by atoms with Gasteiger partial charge >= 0.3 is 5.97 Å². The largest absolute Gasteiger partial charge is 0.481 e. The second kappa shape index (κ2) is 11.0. The molecule has 150 valence electrons. The van der Waals surface area contributed by atoms with Crippen molar-refractivity contribution in [2.45, 2.75) is 19.9 Å². The lowest BCUT2D eigenvalue weighted by atomic mass is 10.1. The number of benzene rings is 2. The molecule has 0 saturated carbocycles. The van der Waals surface area contributed by atoms with E-state index in [9.17, 15) is 14.9 Å². The van der Waals surface area contributed by atoms with E-state index in [4.69, 9.17) is 9.47 Å². The van der Waals surface area contributed by atoms with Gasteiger partial charge in [0.1, 0.15) is 17.4 Å². The van der Waals surface area contributed by atoms with Gasteiger partial charge in [-0.15, -0.1) is 0 Å². The van der Waals surface area contributed by atoms with Crippen molar-refractivity contribution in [1.82, 2.24) is 5.32 Å². The fourth-order valence-electron chi connectivity index (χ4n) is 2.48. The number of nitrogens with one attached hydrogen (secondary N) is 1. The number of carbonyl (C=O) groups excluding carboxylic acids is 2. The molecule has 2 rings (SSSR count). The fraction of sp³-hybridized carbons (Fsp3) is 0.227. The molecule has 0 spiro atoms. The highest BCUT2D eigenvalue weighted by molar-refractivity contribution is 9.10. The van der Waals surface area contributed by atoms with Crippen molar-refractivity contribution in [2.75, 3.05) is 13.2 Å². The van der Waals surface area contributed by atoms with Gasteiger partial charge in [-0.2, -0.15) is 5.26 Å². The number of carbonyl (C=O) groups is 2. The molecule has 0 aliphatic rings. The molecule has 0 aliphatic carbocycles. The van der Waals surface area contributed by atoms with Gasteiger partial charge in [0.25, 0.3) is 5.91 Å². The van der Waals surface area contributed by atoms with E-state index in [2.05, 4.69) is 21.2 Å². The van der Waals surface area contributed by atoms with Crippen molar-refractivity contribution < 1.29 is 19.1 Å². The summed E-state index contributed by atoms with van der Waals surface area (Å²) >= 11 is 3.37. The van der Waals surface area contributed by atoms with E-state index < -0.39 is 11.9 Å². The number of amides is 1. The van der Waals surface area contributed by atoms with Crippen LogP contribution in [0.1, 0.15) is 31.0 Å². The Morgan fingerprint density at radius 1 is 1.24 bits per heavy atom. The van der Waals surface area contributed by atoms with E-state index in [0.29, 0.717) is 15.8 Å². The van der Waals surface area contributed by atoms with Crippen LogP contribution in [0, 0.1) is 11.3 Å². The van der Waals surface area contributed by atoms with E-state index >= 15 is 0 Å². The fourth-order valence-corrected chi connectivity index (χ4v) is 2.99. The van der Waals surface area contributed by atoms with Crippen molar-refractivity contribution in [1.29, 1.82) is 5.26 Å². The Balaban J connectivity index is 2.08. The van der Waals surface area contributed by atoms with E-state index in [1.54, 1.807) is 25.1 Å². The number of esters is 1. The highest BCUT2D eigenvalue weighted by Gasteiger charge is 2.14. The average molecular weight is 457 g/mol. The minimum atomic E-state index is -0.459. The molecule has 0 fully saturated rings. The molecule has 0 heterocycles. The molecule has 7 heteroatoms. The summed E-state index contributed by atoms with van der Waals surface area (Å²) in [4.78, 5) is 23.9. The Kier molecular flexibility index (Phi) is 8.44. The third-order valence-corrected chi connectivity index (χ3v) is 4.55. The highest BCUT2D eigenvalue weighted by atomic mass is 79.9. The monoisotopic (exact) mass is 456 g/mol. The molecule has 2 aromatic rings. The molecule has 29 heavy (non-hydrogen) atoms. The number of rotatable bonds is 8. The maximum absolute atomic E-state index is 12.5. The number of hydrogen-bond donors (Lipinski definition) is 1. The standard InChI is InChI=1S/C22H21BrN2O4/c1-3-28-21(26)14-29-20-10-9-16(12-19(20)23)11-18(13-24)22(27)25-15(2)17-7-5-4-6-8-17/h4-12,15H,3,14H2,1-2H3,(H,25,27)/b18-11+. The minimum Gasteiger partial charge on any atom is -0.481 e. The summed E-state index contributed by atoms with van der Waals surface area (Å²) in [6.07, 6.45) is 1.49. The van der Waals surface area contributed by atoms with Crippen LogP contribution < -0.4 is 10.1 Å².